The van der Waals surface area contributed by atoms with Crippen molar-refractivity contribution in [1.82, 2.24) is 4.90 Å². The van der Waals surface area contributed by atoms with Gasteiger partial charge in [-0.25, -0.2) is 0 Å². The van der Waals surface area contributed by atoms with Gasteiger partial charge in [-0.2, -0.15) is 5.26 Å². The van der Waals surface area contributed by atoms with Gasteiger partial charge in [-0.1, -0.05) is 19.2 Å². The lowest BCUT2D eigenvalue weighted by molar-refractivity contribution is -0.119. The van der Waals surface area contributed by atoms with Crippen LogP contribution in [0, 0.1) is 11.3 Å². The van der Waals surface area contributed by atoms with Crippen LogP contribution < -0.4 is 5.32 Å². The highest BCUT2D eigenvalue weighted by Crippen LogP contribution is 2.36. The fourth-order valence-electron chi connectivity index (χ4n) is 2.53. The molecule has 0 atom stereocenters. The van der Waals surface area contributed by atoms with Crippen LogP contribution in [0.4, 0.5) is 5.00 Å². The molecule has 2 rings (SSSR count). The molecule has 25 heavy (non-hydrogen) atoms. The summed E-state index contributed by atoms with van der Waals surface area (Å²) in [6.07, 6.45) is 4.70. The van der Waals surface area contributed by atoms with E-state index in [2.05, 4.69) is 24.5 Å². The molecule has 1 aliphatic rings. The van der Waals surface area contributed by atoms with Crippen molar-refractivity contribution in [2.24, 2.45) is 0 Å². The number of aliphatic hydroxyl groups is 1. The van der Waals surface area contributed by atoms with Gasteiger partial charge in [0.1, 0.15) is 16.8 Å². The maximum Gasteiger partial charge on any atom is 0.225 e. The van der Waals surface area contributed by atoms with Gasteiger partial charge in [0.05, 0.1) is 12.1 Å². The van der Waals surface area contributed by atoms with Crippen molar-refractivity contribution in [3.8, 4) is 6.07 Å². The second-order valence-corrected chi connectivity index (χ2v) is 6.69. The van der Waals surface area contributed by atoms with E-state index in [1.807, 2.05) is 0 Å². The molecule has 0 bridgehead atoms. The Bertz CT molecular complexity index is 786. The number of fused-ring (bicyclic) bond motifs is 1. The first-order valence-corrected chi connectivity index (χ1v) is 8.55. The minimum atomic E-state index is -0.255. The van der Waals surface area contributed by atoms with Crippen molar-refractivity contribution in [1.29, 1.82) is 5.26 Å². The van der Waals surface area contributed by atoms with Crippen LogP contribution in [0.2, 0.25) is 0 Å². The van der Waals surface area contributed by atoms with Crippen molar-refractivity contribution in [2.75, 3.05) is 11.9 Å². The molecule has 7 heteroatoms. The van der Waals surface area contributed by atoms with E-state index in [-0.39, 0.29) is 18.1 Å². The van der Waals surface area contributed by atoms with Crippen LogP contribution in [0.3, 0.4) is 0 Å². The van der Waals surface area contributed by atoms with Gasteiger partial charge >= 0.3 is 0 Å². The zero-order chi connectivity index (χ0) is 18.4. The summed E-state index contributed by atoms with van der Waals surface area (Å²) in [5.41, 5.74) is 1.84. The molecule has 0 unspecified atom stereocenters. The van der Waals surface area contributed by atoms with Gasteiger partial charge in [0.2, 0.25) is 12.3 Å². The average Bonchev–Trinajstić information content (AvgIpc) is 2.95. The van der Waals surface area contributed by atoms with E-state index < -0.39 is 0 Å². The number of rotatable bonds is 7. The molecule has 130 valence electrons. The van der Waals surface area contributed by atoms with E-state index in [0.717, 1.165) is 16.9 Å². The summed E-state index contributed by atoms with van der Waals surface area (Å²) in [6, 6.07) is 2.15. The normalized spacial score (nSPS) is 13.6. The summed E-state index contributed by atoms with van der Waals surface area (Å²) < 4.78 is 0. The summed E-state index contributed by atoms with van der Waals surface area (Å²) in [5.74, 6) is -0.254. The zero-order valence-corrected chi connectivity index (χ0v) is 14.6. The standard InChI is InChI=1S/C18H19N3O3S/c1-3-4-15(23)12(2)5-6-17(24)20-18-14(9-19)13-7-8-21(11-22)10-16(13)25-18/h3-4,11,23H,1-2,5-8,10H2,(H,20,24)/b15-4+. The second-order valence-electron chi connectivity index (χ2n) is 5.58. The SMILES string of the molecule is C=C/C=C(/O)C(=C)CCC(=O)Nc1sc2c(c1C#N)CCN(C=O)C2. The van der Waals surface area contributed by atoms with E-state index >= 15 is 0 Å². The number of nitriles is 1. The summed E-state index contributed by atoms with van der Waals surface area (Å²) in [5, 5.41) is 22.3. The Morgan fingerprint density at radius 3 is 2.88 bits per heavy atom. The molecule has 0 aromatic carbocycles. The topological polar surface area (TPSA) is 93.4 Å². The third kappa shape index (κ3) is 4.37. The number of carbonyl (C=O) groups is 2. The third-order valence-corrected chi connectivity index (χ3v) is 5.02. The quantitative estimate of drug-likeness (QED) is 0.445. The molecular weight excluding hydrogens is 338 g/mol. The van der Waals surface area contributed by atoms with E-state index in [9.17, 15) is 20.0 Å². The van der Waals surface area contributed by atoms with E-state index in [1.165, 1.54) is 23.5 Å². The Labute approximate surface area is 150 Å². The lowest BCUT2D eigenvalue weighted by Gasteiger charge is -2.22. The van der Waals surface area contributed by atoms with Gasteiger partial charge in [-0.15, -0.1) is 11.3 Å². The Morgan fingerprint density at radius 2 is 2.24 bits per heavy atom. The first-order chi connectivity index (χ1) is 12.0. The highest BCUT2D eigenvalue weighted by atomic mass is 32.1. The minimum absolute atomic E-state index is 0.000978. The molecule has 1 aromatic heterocycles. The molecule has 2 heterocycles. The largest absolute Gasteiger partial charge is 0.508 e. The van der Waals surface area contributed by atoms with Gasteiger partial charge in [0.25, 0.3) is 0 Å². The molecule has 0 radical (unpaired) electrons. The minimum Gasteiger partial charge on any atom is -0.508 e. The number of carbonyl (C=O) groups excluding carboxylic acids is 2. The number of aliphatic hydroxyl groups excluding tert-OH is 1. The predicted molar refractivity (Wildman–Crippen MR) is 97.1 cm³/mol. The molecule has 2 amide bonds. The molecule has 1 aromatic rings. The summed E-state index contributed by atoms with van der Waals surface area (Å²) in [4.78, 5) is 25.6. The Hall–Kier alpha value is -2.85. The van der Waals surface area contributed by atoms with Crippen LogP contribution in [0.1, 0.15) is 28.8 Å². The lowest BCUT2D eigenvalue weighted by atomic mass is 10.0. The molecule has 0 aliphatic carbocycles. The third-order valence-electron chi connectivity index (χ3n) is 3.89. The lowest BCUT2D eigenvalue weighted by Crippen LogP contribution is -2.28. The Balaban J connectivity index is 2.04. The Morgan fingerprint density at radius 1 is 1.48 bits per heavy atom. The molecule has 0 spiro atoms. The number of allylic oxidation sites excluding steroid dienone is 3. The predicted octanol–water partition coefficient (Wildman–Crippen LogP) is 3.04. The van der Waals surface area contributed by atoms with Crippen molar-refractivity contribution in [3.05, 3.63) is 52.6 Å². The monoisotopic (exact) mass is 357 g/mol. The summed E-state index contributed by atoms with van der Waals surface area (Å²) >= 11 is 1.33. The molecule has 1 aliphatic heterocycles. The maximum atomic E-state index is 12.2. The fraction of sp³-hybridized carbons (Fsp3) is 0.278. The molecule has 0 saturated heterocycles. The van der Waals surface area contributed by atoms with Crippen molar-refractivity contribution in [2.45, 2.75) is 25.8 Å². The first kappa shape index (κ1) is 18.5. The summed E-state index contributed by atoms with van der Waals surface area (Å²) in [6.45, 7) is 8.24. The maximum absolute atomic E-state index is 12.2. The van der Waals surface area contributed by atoms with Crippen LogP contribution in [-0.2, 0) is 22.6 Å². The van der Waals surface area contributed by atoms with Gasteiger partial charge in [0, 0.05) is 17.8 Å². The van der Waals surface area contributed by atoms with Gasteiger partial charge < -0.3 is 15.3 Å². The van der Waals surface area contributed by atoms with E-state index in [4.69, 9.17) is 0 Å². The number of hydrogen-bond acceptors (Lipinski definition) is 5. The first-order valence-electron chi connectivity index (χ1n) is 7.73. The van der Waals surface area contributed by atoms with Crippen molar-refractivity contribution < 1.29 is 14.7 Å². The van der Waals surface area contributed by atoms with Gasteiger partial charge in [-0.05, 0) is 30.1 Å². The smallest absolute Gasteiger partial charge is 0.225 e. The second kappa shape index (κ2) is 8.31. The molecule has 0 fully saturated rings. The van der Waals surface area contributed by atoms with Crippen LogP contribution in [0.5, 0.6) is 0 Å². The van der Waals surface area contributed by atoms with Crippen LogP contribution in [0.15, 0.2) is 36.6 Å². The molecule has 6 nitrogen and oxygen atoms in total. The number of nitrogens with zero attached hydrogens (tertiary/aromatic N) is 2. The number of nitrogens with one attached hydrogen (secondary N) is 1. The number of thiophene rings is 1. The molecule has 2 N–H and O–H groups in total. The van der Waals surface area contributed by atoms with Crippen molar-refractivity contribution >= 4 is 28.7 Å². The number of amides is 2. The number of hydrogen-bond donors (Lipinski definition) is 2. The number of anilines is 1. The van der Waals surface area contributed by atoms with Crippen LogP contribution in [0.25, 0.3) is 0 Å². The molecule has 0 saturated carbocycles. The van der Waals surface area contributed by atoms with Crippen LogP contribution in [-0.4, -0.2) is 28.9 Å². The highest BCUT2D eigenvalue weighted by molar-refractivity contribution is 7.16. The van der Waals surface area contributed by atoms with E-state index in [1.54, 1.807) is 4.90 Å². The van der Waals surface area contributed by atoms with Crippen LogP contribution >= 0.6 is 11.3 Å². The van der Waals surface area contributed by atoms with Gasteiger partial charge in [-0.3, -0.25) is 9.59 Å². The zero-order valence-electron chi connectivity index (χ0n) is 13.7. The van der Waals surface area contributed by atoms with Gasteiger partial charge in [0.15, 0.2) is 0 Å². The summed E-state index contributed by atoms with van der Waals surface area (Å²) in [7, 11) is 0. The fourth-order valence-corrected chi connectivity index (χ4v) is 3.77. The van der Waals surface area contributed by atoms with E-state index in [0.29, 0.717) is 42.1 Å². The molecular formula is C18H19N3O3S. The highest BCUT2D eigenvalue weighted by Gasteiger charge is 2.24. The Kier molecular flexibility index (Phi) is 6.14. The van der Waals surface area contributed by atoms with Crippen molar-refractivity contribution in [3.63, 3.8) is 0 Å². The average molecular weight is 357 g/mol.